The number of hydrogen-bond donors (Lipinski definition) is 0. The number of hydrogen-bond acceptors (Lipinski definition) is 3. The highest BCUT2D eigenvalue weighted by atomic mass is 35.5. The van der Waals surface area contributed by atoms with E-state index in [1.54, 1.807) is 23.2 Å². The lowest BCUT2D eigenvalue weighted by Gasteiger charge is -2.22. The van der Waals surface area contributed by atoms with E-state index in [2.05, 4.69) is 40.7 Å². The second-order valence-corrected chi connectivity index (χ2v) is 11.6. The third-order valence-corrected chi connectivity index (χ3v) is 8.08. The molecule has 1 heterocycles. The normalized spacial score (nSPS) is 11.1. The Balaban J connectivity index is 1.36. The number of unbranched alkanes of at least 4 members (excludes halogenated alkanes) is 11. The standard InChI is InChI=1S/C33H46ClN2O2S/c1-3-4-5-6-7-8-9-10-11-12-13-14-22-38-33-20-17-30(24-32(33)34)26-36(28(2)37)31-18-15-29(16-19-31)25-35-21-23-39-27-35/h15-21,23-24,27H,3-14,22,25-26H2,1-2H3/q+1. The molecule has 1 aromatic heterocycles. The first kappa shape index (κ1) is 31.2. The maximum absolute atomic E-state index is 12.5. The fourth-order valence-electron chi connectivity index (χ4n) is 4.80. The van der Waals surface area contributed by atoms with Gasteiger partial charge in [0, 0.05) is 18.2 Å². The molecule has 4 nitrogen and oxygen atoms in total. The largest absolute Gasteiger partial charge is 0.492 e. The van der Waals surface area contributed by atoms with Gasteiger partial charge in [0.1, 0.15) is 5.75 Å². The molecule has 0 fully saturated rings. The molecule has 0 bridgehead atoms. The summed E-state index contributed by atoms with van der Waals surface area (Å²) >= 11 is 8.22. The third kappa shape index (κ3) is 11.7. The summed E-state index contributed by atoms with van der Waals surface area (Å²) in [4.78, 5) is 14.2. The number of ether oxygens (including phenoxy) is 1. The number of nitrogens with zero attached hydrogens (tertiary/aromatic N) is 2. The number of aromatic nitrogens is 1. The van der Waals surface area contributed by atoms with Crippen molar-refractivity contribution in [2.45, 2.75) is 104 Å². The van der Waals surface area contributed by atoms with Crippen molar-refractivity contribution >= 4 is 34.5 Å². The zero-order valence-corrected chi connectivity index (χ0v) is 25.4. The fraction of sp³-hybridized carbons (Fsp3) is 0.515. The minimum atomic E-state index is -0.00150. The summed E-state index contributed by atoms with van der Waals surface area (Å²) in [6.07, 6.45) is 18.0. The molecule has 1 amide bonds. The maximum atomic E-state index is 12.5. The van der Waals surface area contributed by atoms with Gasteiger partial charge in [0.2, 0.25) is 11.4 Å². The molecule has 212 valence electrons. The molecule has 0 aliphatic rings. The average Bonchev–Trinajstić information content (AvgIpc) is 3.44. The van der Waals surface area contributed by atoms with Crippen molar-refractivity contribution in [3.63, 3.8) is 0 Å². The second kappa shape index (κ2) is 18.1. The van der Waals surface area contributed by atoms with Crippen LogP contribution in [0.2, 0.25) is 5.02 Å². The number of carbonyl (C=O) groups excluding carboxylic acids is 1. The quantitative estimate of drug-likeness (QED) is 0.106. The second-order valence-electron chi connectivity index (χ2n) is 10.5. The van der Waals surface area contributed by atoms with Crippen LogP contribution >= 0.6 is 22.9 Å². The van der Waals surface area contributed by atoms with E-state index in [-0.39, 0.29) is 5.91 Å². The molecule has 0 atom stereocenters. The summed E-state index contributed by atoms with van der Waals surface area (Å²) < 4.78 is 8.11. The molecule has 0 N–H and O–H groups in total. The zero-order valence-electron chi connectivity index (χ0n) is 23.9. The average molecular weight is 570 g/mol. The number of halogens is 1. The predicted octanol–water partition coefficient (Wildman–Crippen LogP) is 9.37. The van der Waals surface area contributed by atoms with Gasteiger partial charge in [-0.15, -0.1) is 0 Å². The van der Waals surface area contributed by atoms with E-state index >= 15 is 0 Å². The highest BCUT2D eigenvalue weighted by Gasteiger charge is 2.14. The van der Waals surface area contributed by atoms with Crippen LogP contribution in [0.4, 0.5) is 5.69 Å². The van der Waals surface area contributed by atoms with Crippen LogP contribution in [-0.4, -0.2) is 12.5 Å². The maximum Gasteiger partial charge on any atom is 0.224 e. The number of thiazole rings is 1. The molecule has 2 aromatic carbocycles. The van der Waals surface area contributed by atoms with Gasteiger partial charge < -0.3 is 9.64 Å². The van der Waals surface area contributed by atoms with E-state index in [4.69, 9.17) is 16.3 Å². The van der Waals surface area contributed by atoms with Gasteiger partial charge in [0.05, 0.1) is 23.6 Å². The van der Waals surface area contributed by atoms with E-state index < -0.39 is 0 Å². The van der Waals surface area contributed by atoms with Gasteiger partial charge in [-0.2, -0.15) is 4.57 Å². The van der Waals surface area contributed by atoms with Crippen LogP contribution in [0.3, 0.4) is 0 Å². The van der Waals surface area contributed by atoms with Gasteiger partial charge >= 0.3 is 0 Å². The van der Waals surface area contributed by atoms with Crippen molar-refractivity contribution < 1.29 is 14.1 Å². The lowest BCUT2D eigenvalue weighted by Crippen LogP contribution is -2.30. The van der Waals surface area contributed by atoms with Crippen LogP contribution in [0.1, 0.15) is 102 Å². The van der Waals surface area contributed by atoms with Crippen molar-refractivity contribution in [1.82, 2.24) is 0 Å². The highest BCUT2D eigenvalue weighted by Crippen LogP contribution is 2.28. The van der Waals surface area contributed by atoms with Crippen LogP contribution in [-0.2, 0) is 17.9 Å². The van der Waals surface area contributed by atoms with Gasteiger partial charge in [-0.25, -0.2) is 0 Å². The smallest absolute Gasteiger partial charge is 0.224 e. The van der Waals surface area contributed by atoms with Crippen molar-refractivity contribution in [2.75, 3.05) is 11.5 Å². The van der Waals surface area contributed by atoms with Crippen LogP contribution in [0.15, 0.2) is 59.6 Å². The first-order valence-electron chi connectivity index (χ1n) is 14.8. The van der Waals surface area contributed by atoms with Crippen LogP contribution in [0, 0.1) is 0 Å². The Morgan fingerprint density at radius 2 is 1.49 bits per heavy atom. The number of carbonyl (C=O) groups is 1. The molecule has 39 heavy (non-hydrogen) atoms. The Morgan fingerprint density at radius 1 is 0.872 bits per heavy atom. The molecule has 0 aliphatic carbocycles. The molecular weight excluding hydrogens is 524 g/mol. The van der Waals surface area contributed by atoms with E-state index in [0.29, 0.717) is 23.9 Å². The minimum Gasteiger partial charge on any atom is -0.492 e. The van der Waals surface area contributed by atoms with Crippen molar-refractivity contribution in [2.24, 2.45) is 0 Å². The van der Waals surface area contributed by atoms with Gasteiger partial charge in [-0.3, -0.25) is 4.79 Å². The topological polar surface area (TPSA) is 33.4 Å². The van der Waals surface area contributed by atoms with Crippen LogP contribution in [0.25, 0.3) is 0 Å². The number of amides is 1. The summed E-state index contributed by atoms with van der Waals surface area (Å²) in [5, 5.41) is 2.66. The van der Waals surface area contributed by atoms with Crippen molar-refractivity contribution in [3.8, 4) is 5.75 Å². The summed E-state index contributed by atoms with van der Waals surface area (Å²) in [6.45, 7) is 5.84. The summed E-state index contributed by atoms with van der Waals surface area (Å²) in [5.74, 6) is 0.714. The fourth-order valence-corrected chi connectivity index (χ4v) is 5.65. The van der Waals surface area contributed by atoms with E-state index in [0.717, 1.165) is 24.2 Å². The van der Waals surface area contributed by atoms with E-state index in [9.17, 15) is 4.79 Å². The lowest BCUT2D eigenvalue weighted by atomic mass is 10.1. The van der Waals surface area contributed by atoms with Gasteiger partial charge in [-0.1, -0.05) is 119 Å². The van der Waals surface area contributed by atoms with Crippen molar-refractivity contribution in [1.29, 1.82) is 0 Å². The predicted molar refractivity (Wildman–Crippen MR) is 165 cm³/mol. The lowest BCUT2D eigenvalue weighted by molar-refractivity contribution is -0.683. The Morgan fingerprint density at radius 3 is 2.05 bits per heavy atom. The molecule has 0 unspecified atom stereocenters. The molecule has 6 heteroatoms. The monoisotopic (exact) mass is 569 g/mol. The molecule has 0 spiro atoms. The van der Waals surface area contributed by atoms with Crippen LogP contribution < -0.4 is 14.2 Å². The molecule has 3 aromatic rings. The Kier molecular flexibility index (Phi) is 14.4. The van der Waals surface area contributed by atoms with Gasteiger partial charge in [0.15, 0.2) is 12.7 Å². The first-order valence-corrected chi connectivity index (χ1v) is 16.1. The first-order chi connectivity index (χ1) is 19.1. The number of rotatable bonds is 19. The Labute approximate surface area is 245 Å². The molecular formula is C33H46ClN2O2S+. The molecule has 0 radical (unpaired) electrons. The summed E-state index contributed by atoms with van der Waals surface area (Å²) in [7, 11) is 0. The van der Waals surface area contributed by atoms with E-state index in [1.807, 2.05) is 30.3 Å². The summed E-state index contributed by atoms with van der Waals surface area (Å²) in [6, 6.07) is 14.0. The number of anilines is 1. The Hall–Kier alpha value is -2.37. The zero-order chi connectivity index (χ0) is 27.7. The molecule has 0 aliphatic heterocycles. The third-order valence-electron chi connectivity index (χ3n) is 7.11. The highest BCUT2D eigenvalue weighted by molar-refractivity contribution is 7.07. The molecule has 3 rings (SSSR count). The SMILES string of the molecule is CCCCCCCCCCCCCCOc1ccc(CN(C(C)=O)c2ccc(C[n+]3ccsc3)cc2)cc1Cl. The number of benzene rings is 2. The van der Waals surface area contributed by atoms with E-state index in [1.165, 1.54) is 76.2 Å². The van der Waals surface area contributed by atoms with Gasteiger partial charge in [0.25, 0.3) is 0 Å². The summed E-state index contributed by atoms with van der Waals surface area (Å²) in [5.41, 5.74) is 5.14. The van der Waals surface area contributed by atoms with Crippen molar-refractivity contribution in [3.05, 3.63) is 75.7 Å². The van der Waals surface area contributed by atoms with Crippen LogP contribution in [0.5, 0.6) is 5.75 Å². The minimum absolute atomic E-state index is 0.00150. The molecule has 0 saturated heterocycles. The molecule has 0 saturated carbocycles. The Bertz CT molecular complexity index is 1090. The van der Waals surface area contributed by atoms with Gasteiger partial charge in [-0.05, 0) is 36.2 Å².